The molecule has 1 aromatic heterocycles. The standard InChI is InChI=1S/C13H9BrClN3/c14-10-5-8(15)1-3-12(10)18-7-17-11-6-9(16)2-4-13(11)18/h1-7H,16H2. The van der Waals surface area contributed by atoms with Crippen molar-refractivity contribution in [3.8, 4) is 5.69 Å². The van der Waals surface area contributed by atoms with Gasteiger partial charge in [0, 0.05) is 15.2 Å². The lowest BCUT2D eigenvalue weighted by Crippen LogP contribution is -1.93. The number of aromatic nitrogens is 2. The summed E-state index contributed by atoms with van der Waals surface area (Å²) in [5, 5.41) is 0.694. The topological polar surface area (TPSA) is 43.8 Å². The summed E-state index contributed by atoms with van der Waals surface area (Å²) in [6.45, 7) is 0. The van der Waals surface area contributed by atoms with Crippen LogP contribution < -0.4 is 5.73 Å². The van der Waals surface area contributed by atoms with Crippen LogP contribution in [0.1, 0.15) is 0 Å². The summed E-state index contributed by atoms with van der Waals surface area (Å²) in [4.78, 5) is 4.35. The van der Waals surface area contributed by atoms with Gasteiger partial charge in [0.2, 0.25) is 0 Å². The minimum Gasteiger partial charge on any atom is -0.399 e. The Hall–Kier alpha value is -1.52. The molecule has 0 bridgehead atoms. The molecule has 0 amide bonds. The van der Waals surface area contributed by atoms with Gasteiger partial charge in [0.05, 0.1) is 16.7 Å². The minimum atomic E-state index is 0.694. The van der Waals surface area contributed by atoms with Crippen molar-refractivity contribution < 1.29 is 0 Å². The first-order chi connectivity index (χ1) is 8.65. The molecule has 0 radical (unpaired) electrons. The van der Waals surface area contributed by atoms with E-state index in [-0.39, 0.29) is 0 Å². The first-order valence-corrected chi connectivity index (χ1v) is 6.50. The maximum atomic E-state index is 5.95. The van der Waals surface area contributed by atoms with Crippen molar-refractivity contribution >= 4 is 44.3 Å². The molecule has 0 spiro atoms. The van der Waals surface area contributed by atoms with Crippen LogP contribution in [-0.2, 0) is 0 Å². The van der Waals surface area contributed by atoms with Crippen LogP contribution >= 0.6 is 27.5 Å². The first kappa shape index (κ1) is 11.6. The van der Waals surface area contributed by atoms with E-state index in [1.54, 1.807) is 6.33 Å². The van der Waals surface area contributed by atoms with Crippen LogP contribution in [0.4, 0.5) is 5.69 Å². The second kappa shape index (κ2) is 4.30. The summed E-state index contributed by atoms with van der Waals surface area (Å²) >= 11 is 9.46. The molecule has 3 nitrogen and oxygen atoms in total. The molecule has 2 aromatic carbocycles. The molecule has 1 heterocycles. The second-order valence-electron chi connectivity index (χ2n) is 3.96. The maximum absolute atomic E-state index is 5.95. The highest BCUT2D eigenvalue weighted by Crippen LogP contribution is 2.28. The number of fused-ring (bicyclic) bond motifs is 1. The SMILES string of the molecule is Nc1ccc2c(c1)ncn2-c1ccc(Cl)cc1Br. The zero-order chi connectivity index (χ0) is 12.7. The fraction of sp³-hybridized carbons (Fsp3) is 0. The van der Waals surface area contributed by atoms with E-state index in [1.165, 1.54) is 0 Å². The van der Waals surface area contributed by atoms with Crippen molar-refractivity contribution in [3.63, 3.8) is 0 Å². The molecule has 90 valence electrons. The summed E-state index contributed by atoms with van der Waals surface area (Å²) in [5.41, 5.74) is 9.33. The Labute approximate surface area is 117 Å². The lowest BCUT2D eigenvalue weighted by Gasteiger charge is -2.07. The van der Waals surface area contributed by atoms with Gasteiger partial charge in [-0.25, -0.2) is 4.98 Å². The third-order valence-electron chi connectivity index (χ3n) is 2.74. The molecule has 18 heavy (non-hydrogen) atoms. The molecule has 5 heteroatoms. The van der Waals surface area contributed by atoms with Crippen LogP contribution in [0.5, 0.6) is 0 Å². The normalized spacial score (nSPS) is 11.0. The highest BCUT2D eigenvalue weighted by atomic mass is 79.9. The summed E-state index contributed by atoms with van der Waals surface area (Å²) in [7, 11) is 0. The monoisotopic (exact) mass is 321 g/mol. The van der Waals surface area contributed by atoms with Crippen molar-refractivity contribution in [2.45, 2.75) is 0 Å². The largest absolute Gasteiger partial charge is 0.399 e. The molecular weight excluding hydrogens is 314 g/mol. The van der Waals surface area contributed by atoms with Crippen LogP contribution in [-0.4, -0.2) is 9.55 Å². The van der Waals surface area contributed by atoms with Gasteiger partial charge in [0.15, 0.2) is 0 Å². The van der Waals surface area contributed by atoms with E-state index in [0.717, 1.165) is 21.2 Å². The van der Waals surface area contributed by atoms with Crippen molar-refractivity contribution in [2.75, 3.05) is 5.73 Å². The Bertz CT molecular complexity index is 736. The van der Waals surface area contributed by atoms with E-state index in [1.807, 2.05) is 41.0 Å². The van der Waals surface area contributed by atoms with E-state index >= 15 is 0 Å². The fourth-order valence-electron chi connectivity index (χ4n) is 1.90. The van der Waals surface area contributed by atoms with E-state index in [2.05, 4.69) is 20.9 Å². The number of hydrogen-bond acceptors (Lipinski definition) is 2. The molecule has 3 rings (SSSR count). The van der Waals surface area contributed by atoms with Gasteiger partial charge >= 0.3 is 0 Å². The van der Waals surface area contributed by atoms with Gasteiger partial charge in [-0.05, 0) is 52.3 Å². The average Bonchev–Trinajstić information content (AvgIpc) is 2.72. The molecule has 0 saturated carbocycles. The quantitative estimate of drug-likeness (QED) is 0.688. The zero-order valence-electron chi connectivity index (χ0n) is 9.27. The van der Waals surface area contributed by atoms with Gasteiger partial charge in [-0.3, -0.25) is 4.57 Å². The Balaban J connectivity index is 2.25. The van der Waals surface area contributed by atoms with E-state index < -0.39 is 0 Å². The molecule has 3 aromatic rings. The van der Waals surface area contributed by atoms with Crippen molar-refractivity contribution in [3.05, 3.63) is 52.2 Å². The van der Waals surface area contributed by atoms with E-state index in [0.29, 0.717) is 10.7 Å². The number of nitrogens with two attached hydrogens (primary N) is 1. The van der Waals surface area contributed by atoms with Gasteiger partial charge in [0.1, 0.15) is 6.33 Å². The van der Waals surface area contributed by atoms with Crippen molar-refractivity contribution in [2.24, 2.45) is 0 Å². The lowest BCUT2D eigenvalue weighted by molar-refractivity contribution is 1.08. The van der Waals surface area contributed by atoms with E-state index in [9.17, 15) is 0 Å². The third-order valence-corrected chi connectivity index (χ3v) is 3.61. The number of hydrogen-bond donors (Lipinski definition) is 1. The smallest absolute Gasteiger partial charge is 0.100 e. The molecular formula is C13H9BrClN3. The van der Waals surface area contributed by atoms with Gasteiger partial charge in [-0.15, -0.1) is 0 Å². The number of benzene rings is 2. The summed E-state index contributed by atoms with van der Waals surface area (Å²) < 4.78 is 2.92. The molecule has 0 aliphatic heterocycles. The molecule has 0 fully saturated rings. The van der Waals surface area contributed by atoms with Gasteiger partial charge in [-0.2, -0.15) is 0 Å². The summed E-state index contributed by atoms with van der Waals surface area (Å²) in [5.74, 6) is 0. The number of nitrogen functional groups attached to an aromatic ring is 1. The van der Waals surface area contributed by atoms with Crippen LogP contribution in [0.2, 0.25) is 5.02 Å². The van der Waals surface area contributed by atoms with Gasteiger partial charge < -0.3 is 5.73 Å². The molecule has 0 atom stereocenters. The fourth-order valence-corrected chi connectivity index (χ4v) is 2.77. The van der Waals surface area contributed by atoms with Gasteiger partial charge in [0.25, 0.3) is 0 Å². The van der Waals surface area contributed by atoms with E-state index in [4.69, 9.17) is 17.3 Å². The Kier molecular flexibility index (Phi) is 2.76. The number of halogens is 2. The van der Waals surface area contributed by atoms with Crippen LogP contribution in [0, 0.1) is 0 Å². The number of imidazole rings is 1. The maximum Gasteiger partial charge on any atom is 0.100 e. The highest BCUT2D eigenvalue weighted by Gasteiger charge is 2.08. The zero-order valence-corrected chi connectivity index (χ0v) is 11.6. The number of rotatable bonds is 1. The summed E-state index contributed by atoms with van der Waals surface area (Å²) in [6, 6.07) is 11.3. The number of nitrogens with zero attached hydrogens (tertiary/aromatic N) is 2. The third kappa shape index (κ3) is 1.87. The first-order valence-electron chi connectivity index (χ1n) is 5.33. The van der Waals surface area contributed by atoms with Crippen molar-refractivity contribution in [1.29, 1.82) is 0 Å². The van der Waals surface area contributed by atoms with Crippen LogP contribution in [0.15, 0.2) is 47.2 Å². The molecule has 0 aliphatic rings. The van der Waals surface area contributed by atoms with Crippen LogP contribution in [0.3, 0.4) is 0 Å². The molecule has 0 unspecified atom stereocenters. The highest BCUT2D eigenvalue weighted by molar-refractivity contribution is 9.10. The molecule has 0 aliphatic carbocycles. The molecule has 2 N–H and O–H groups in total. The summed E-state index contributed by atoms with van der Waals surface area (Å²) in [6.07, 6.45) is 1.78. The predicted molar refractivity (Wildman–Crippen MR) is 78.2 cm³/mol. The second-order valence-corrected chi connectivity index (χ2v) is 5.25. The Morgan fingerprint density at radius 3 is 2.78 bits per heavy atom. The predicted octanol–water partition coefficient (Wildman–Crippen LogP) is 4.02. The number of anilines is 1. The Morgan fingerprint density at radius 1 is 1.17 bits per heavy atom. The van der Waals surface area contributed by atoms with Gasteiger partial charge in [-0.1, -0.05) is 11.6 Å². The Morgan fingerprint density at radius 2 is 2.00 bits per heavy atom. The van der Waals surface area contributed by atoms with Crippen LogP contribution in [0.25, 0.3) is 16.7 Å². The average molecular weight is 323 g/mol. The minimum absolute atomic E-state index is 0.694. The van der Waals surface area contributed by atoms with Crippen molar-refractivity contribution in [1.82, 2.24) is 9.55 Å². The molecule has 0 saturated heterocycles. The lowest BCUT2D eigenvalue weighted by atomic mass is 10.2.